The number of aliphatic hydroxyl groups is 1. The topological polar surface area (TPSA) is 29.5 Å². The quantitative estimate of drug-likeness (QED) is 0.854. The van der Waals surface area contributed by atoms with Crippen molar-refractivity contribution in [2.45, 2.75) is 49.8 Å². The molecule has 1 aromatic carbocycles. The van der Waals surface area contributed by atoms with Gasteiger partial charge in [0.05, 0.1) is 6.10 Å². The molecule has 1 N–H and O–H groups in total. The minimum absolute atomic E-state index is 0.290. The lowest BCUT2D eigenvalue weighted by Gasteiger charge is -2.22. The van der Waals surface area contributed by atoms with Crippen molar-refractivity contribution in [1.82, 2.24) is 0 Å². The number of halogens is 3. The number of rotatable bonds is 5. The average Bonchev–Trinajstić information content (AvgIpc) is 2.44. The Hall–Kier alpha value is -0.880. The molecule has 0 bridgehead atoms. The van der Waals surface area contributed by atoms with Crippen LogP contribution < -0.4 is 4.74 Å². The van der Waals surface area contributed by atoms with Crippen LogP contribution in [0.3, 0.4) is 0 Å². The number of ether oxygens (including phenoxy) is 1. The van der Waals surface area contributed by atoms with Gasteiger partial charge in [0.15, 0.2) is 0 Å². The van der Waals surface area contributed by atoms with Gasteiger partial charge < -0.3 is 9.84 Å². The molecule has 1 atom stereocenters. The molecule has 21 heavy (non-hydrogen) atoms. The summed E-state index contributed by atoms with van der Waals surface area (Å²) in [7, 11) is 0. The summed E-state index contributed by atoms with van der Waals surface area (Å²) >= 11 is 1.71. The predicted molar refractivity (Wildman–Crippen MR) is 77.4 cm³/mol. The largest absolute Gasteiger partial charge is 0.573 e. The molecule has 1 unspecified atom stereocenters. The van der Waals surface area contributed by atoms with Crippen LogP contribution in [-0.2, 0) is 0 Å². The summed E-state index contributed by atoms with van der Waals surface area (Å²) in [4.78, 5) is 0. The number of benzene rings is 1. The minimum Gasteiger partial charge on any atom is -0.406 e. The SMILES string of the molecule is OC(CSC1CCCCC1)c1cccc(OC(F)(F)F)c1. The highest BCUT2D eigenvalue weighted by Gasteiger charge is 2.31. The Morgan fingerprint density at radius 3 is 2.62 bits per heavy atom. The van der Waals surface area contributed by atoms with Crippen molar-refractivity contribution in [1.29, 1.82) is 0 Å². The summed E-state index contributed by atoms with van der Waals surface area (Å²) in [5.41, 5.74) is 0.458. The maximum atomic E-state index is 12.2. The Balaban J connectivity index is 1.89. The van der Waals surface area contributed by atoms with Gasteiger partial charge in [-0.2, -0.15) is 11.8 Å². The monoisotopic (exact) mass is 320 g/mol. The lowest BCUT2D eigenvalue weighted by Crippen LogP contribution is -2.17. The zero-order valence-electron chi connectivity index (χ0n) is 11.6. The second-order valence-corrected chi connectivity index (χ2v) is 6.56. The fourth-order valence-corrected chi connectivity index (χ4v) is 3.79. The fourth-order valence-electron chi connectivity index (χ4n) is 2.47. The number of alkyl halides is 3. The predicted octanol–water partition coefficient (Wildman–Crippen LogP) is 4.68. The number of hydrogen-bond acceptors (Lipinski definition) is 3. The summed E-state index contributed by atoms with van der Waals surface area (Å²) in [5, 5.41) is 10.7. The highest BCUT2D eigenvalue weighted by molar-refractivity contribution is 7.99. The minimum atomic E-state index is -4.71. The number of hydrogen-bond donors (Lipinski definition) is 1. The molecule has 0 aliphatic heterocycles. The second-order valence-electron chi connectivity index (χ2n) is 5.23. The summed E-state index contributed by atoms with van der Waals surface area (Å²) in [5.74, 6) is 0.210. The highest BCUT2D eigenvalue weighted by atomic mass is 32.2. The maximum absolute atomic E-state index is 12.2. The van der Waals surface area contributed by atoms with Crippen LogP contribution in [0.4, 0.5) is 13.2 Å². The Bertz CT molecular complexity index is 445. The van der Waals surface area contributed by atoms with Crippen LogP contribution in [-0.4, -0.2) is 22.5 Å². The first-order valence-electron chi connectivity index (χ1n) is 7.09. The Labute approximate surface area is 126 Å². The second kappa shape index (κ2) is 7.40. The van der Waals surface area contributed by atoms with E-state index in [1.807, 2.05) is 0 Å². The number of thioether (sulfide) groups is 1. The summed E-state index contributed by atoms with van der Waals surface area (Å²) in [6.07, 6.45) is 0.569. The van der Waals surface area contributed by atoms with Gasteiger partial charge in [0, 0.05) is 11.0 Å². The molecule has 1 fully saturated rings. The Morgan fingerprint density at radius 1 is 1.24 bits per heavy atom. The summed E-state index contributed by atoms with van der Waals surface area (Å²) in [6, 6.07) is 5.57. The van der Waals surface area contributed by atoms with Gasteiger partial charge in [-0.3, -0.25) is 0 Å². The van der Waals surface area contributed by atoms with E-state index in [1.54, 1.807) is 17.8 Å². The van der Waals surface area contributed by atoms with Crippen molar-refractivity contribution in [2.24, 2.45) is 0 Å². The van der Waals surface area contributed by atoms with E-state index in [4.69, 9.17) is 0 Å². The van der Waals surface area contributed by atoms with Gasteiger partial charge >= 0.3 is 6.36 Å². The van der Waals surface area contributed by atoms with Crippen LogP contribution in [0, 0.1) is 0 Å². The molecule has 0 heterocycles. The first-order chi connectivity index (χ1) is 9.94. The van der Waals surface area contributed by atoms with Crippen molar-refractivity contribution in [3.8, 4) is 5.75 Å². The molecule has 0 amide bonds. The Morgan fingerprint density at radius 2 is 1.95 bits per heavy atom. The average molecular weight is 320 g/mol. The zero-order valence-corrected chi connectivity index (χ0v) is 12.4. The van der Waals surface area contributed by atoms with Gasteiger partial charge in [0.2, 0.25) is 0 Å². The van der Waals surface area contributed by atoms with Crippen molar-refractivity contribution in [3.05, 3.63) is 29.8 Å². The molecule has 0 radical (unpaired) electrons. The van der Waals surface area contributed by atoms with Crippen LogP contribution >= 0.6 is 11.8 Å². The van der Waals surface area contributed by atoms with E-state index < -0.39 is 12.5 Å². The van der Waals surface area contributed by atoms with Crippen LogP contribution in [0.15, 0.2) is 24.3 Å². The third kappa shape index (κ3) is 5.79. The van der Waals surface area contributed by atoms with E-state index in [1.165, 1.54) is 37.5 Å². The van der Waals surface area contributed by atoms with Gasteiger partial charge in [-0.25, -0.2) is 0 Å². The summed E-state index contributed by atoms with van der Waals surface area (Å²) < 4.78 is 40.4. The molecule has 0 spiro atoms. The van der Waals surface area contributed by atoms with Crippen molar-refractivity contribution >= 4 is 11.8 Å². The lowest BCUT2D eigenvalue weighted by atomic mass is 10.0. The molecule has 2 rings (SSSR count). The van der Waals surface area contributed by atoms with E-state index in [9.17, 15) is 18.3 Å². The van der Waals surface area contributed by atoms with Gasteiger partial charge in [-0.15, -0.1) is 13.2 Å². The normalized spacial score (nSPS) is 18.5. The standard InChI is InChI=1S/C15H19F3O2S/c16-15(17,18)20-12-6-4-5-11(9-12)14(19)10-21-13-7-2-1-3-8-13/h4-6,9,13-14,19H,1-3,7-8,10H2. The van der Waals surface area contributed by atoms with Crippen LogP contribution in [0.1, 0.15) is 43.8 Å². The molecule has 2 nitrogen and oxygen atoms in total. The smallest absolute Gasteiger partial charge is 0.406 e. The molecule has 1 aromatic rings. The van der Waals surface area contributed by atoms with Crippen LogP contribution in [0.5, 0.6) is 5.75 Å². The lowest BCUT2D eigenvalue weighted by molar-refractivity contribution is -0.274. The molecule has 118 valence electrons. The molecule has 1 aliphatic carbocycles. The molecule has 0 saturated heterocycles. The molecule has 6 heteroatoms. The fraction of sp³-hybridized carbons (Fsp3) is 0.600. The third-order valence-electron chi connectivity index (χ3n) is 3.52. The molecule has 1 aliphatic rings. The van der Waals surface area contributed by atoms with E-state index in [2.05, 4.69) is 4.74 Å². The first-order valence-corrected chi connectivity index (χ1v) is 8.14. The van der Waals surface area contributed by atoms with E-state index in [0.717, 1.165) is 12.8 Å². The maximum Gasteiger partial charge on any atom is 0.573 e. The van der Waals surface area contributed by atoms with Crippen LogP contribution in [0.2, 0.25) is 0 Å². The molecule has 0 aromatic heterocycles. The van der Waals surface area contributed by atoms with Crippen molar-refractivity contribution < 1.29 is 23.0 Å². The van der Waals surface area contributed by atoms with Crippen molar-refractivity contribution in [3.63, 3.8) is 0 Å². The van der Waals surface area contributed by atoms with Gasteiger partial charge in [0.25, 0.3) is 0 Å². The van der Waals surface area contributed by atoms with E-state index in [-0.39, 0.29) is 5.75 Å². The molecule has 1 saturated carbocycles. The van der Waals surface area contributed by atoms with Crippen LogP contribution in [0.25, 0.3) is 0 Å². The van der Waals surface area contributed by atoms with E-state index >= 15 is 0 Å². The van der Waals surface area contributed by atoms with Gasteiger partial charge in [0.1, 0.15) is 5.75 Å². The van der Waals surface area contributed by atoms with Gasteiger partial charge in [-0.1, -0.05) is 31.4 Å². The number of aliphatic hydroxyl groups excluding tert-OH is 1. The third-order valence-corrected chi connectivity index (χ3v) is 4.97. The molecular weight excluding hydrogens is 301 g/mol. The summed E-state index contributed by atoms with van der Waals surface area (Å²) in [6.45, 7) is 0. The van der Waals surface area contributed by atoms with Gasteiger partial charge in [-0.05, 0) is 30.5 Å². The highest BCUT2D eigenvalue weighted by Crippen LogP contribution is 2.32. The van der Waals surface area contributed by atoms with Crippen molar-refractivity contribution in [2.75, 3.05) is 5.75 Å². The Kier molecular flexibility index (Phi) is 5.81. The first kappa shape index (κ1) is 16.5. The molecular formula is C15H19F3O2S. The van der Waals surface area contributed by atoms with E-state index in [0.29, 0.717) is 16.6 Å². The zero-order chi connectivity index (χ0) is 15.3.